The summed E-state index contributed by atoms with van der Waals surface area (Å²) in [5.74, 6) is -1.15. The van der Waals surface area contributed by atoms with Gasteiger partial charge in [-0.3, -0.25) is 29.0 Å². The number of piperidine rings is 1. The molecule has 2 aromatic carbocycles. The van der Waals surface area contributed by atoms with E-state index < -0.39 is 29.6 Å². The number of carbonyl (C=O) groups excluding carboxylic acids is 4. The van der Waals surface area contributed by atoms with Crippen LogP contribution < -0.4 is 15.4 Å². The molecule has 53 heavy (non-hydrogen) atoms. The van der Waals surface area contributed by atoms with Gasteiger partial charge in [0, 0.05) is 56.8 Å². The zero-order chi connectivity index (χ0) is 37.0. The number of carbonyl (C=O) groups is 4. The van der Waals surface area contributed by atoms with Gasteiger partial charge >= 0.3 is 0 Å². The molecule has 0 unspecified atom stereocenters. The SMILES string of the molecule is N#Cc1ccc(OC2CCC(N3C(=O)CC[C@@H](N4Cc5cc(CN6C[C@H]7CC[C@H](C6)N7c6ccc(C(N)=O)nn6)cc(F)c5C4=O)C3=O)CC2)cc1Cl. The second-order valence-corrected chi connectivity index (χ2v) is 15.0. The summed E-state index contributed by atoms with van der Waals surface area (Å²) in [6.07, 6.45) is 4.46. The number of anilines is 1. The van der Waals surface area contributed by atoms with Crippen molar-refractivity contribution in [2.45, 2.75) is 94.7 Å². The van der Waals surface area contributed by atoms with Gasteiger partial charge in [0.05, 0.1) is 22.3 Å². The van der Waals surface area contributed by atoms with E-state index in [0.717, 1.165) is 31.5 Å². The molecule has 0 spiro atoms. The van der Waals surface area contributed by atoms with E-state index in [9.17, 15) is 19.2 Å². The number of benzene rings is 2. The smallest absolute Gasteiger partial charge is 0.269 e. The number of fused-ring (bicyclic) bond motifs is 3. The van der Waals surface area contributed by atoms with Crippen LogP contribution in [-0.2, 0) is 22.7 Å². The summed E-state index contributed by atoms with van der Waals surface area (Å²) in [5.41, 5.74) is 7.10. The number of amides is 4. The van der Waals surface area contributed by atoms with Gasteiger partial charge in [-0.05, 0) is 86.4 Å². The number of piperazine rings is 1. The van der Waals surface area contributed by atoms with Gasteiger partial charge in [0.2, 0.25) is 5.91 Å². The fourth-order valence-corrected chi connectivity index (χ4v) is 9.12. The molecule has 2 N–H and O–H groups in total. The van der Waals surface area contributed by atoms with Crippen molar-refractivity contribution in [3.05, 3.63) is 81.3 Å². The average molecular weight is 741 g/mol. The highest BCUT2D eigenvalue weighted by Gasteiger charge is 2.46. The number of primary amides is 1. The molecule has 3 aromatic rings. The van der Waals surface area contributed by atoms with Crippen LogP contribution in [0.15, 0.2) is 42.5 Å². The Balaban J connectivity index is 0.900. The molecular weight excluding hydrogens is 703 g/mol. The van der Waals surface area contributed by atoms with Gasteiger partial charge in [-0.1, -0.05) is 17.7 Å². The molecule has 274 valence electrons. The quantitative estimate of drug-likeness (QED) is 0.334. The van der Waals surface area contributed by atoms with Crippen molar-refractivity contribution >= 4 is 41.0 Å². The molecule has 4 aliphatic heterocycles. The largest absolute Gasteiger partial charge is 0.490 e. The fourth-order valence-electron chi connectivity index (χ4n) is 8.91. The topological polar surface area (TPSA) is 166 Å². The lowest BCUT2D eigenvalue weighted by Crippen LogP contribution is -2.58. The number of hydrogen-bond donors (Lipinski definition) is 1. The first-order chi connectivity index (χ1) is 25.6. The van der Waals surface area contributed by atoms with E-state index in [1.807, 2.05) is 12.1 Å². The normalized spacial score (nSPS) is 25.8. The molecule has 0 radical (unpaired) electrons. The lowest BCUT2D eigenvalue weighted by molar-refractivity contribution is -0.156. The first-order valence-corrected chi connectivity index (χ1v) is 18.4. The molecule has 3 saturated heterocycles. The van der Waals surface area contributed by atoms with E-state index in [-0.39, 0.29) is 60.8 Å². The summed E-state index contributed by atoms with van der Waals surface area (Å²) in [5, 5.41) is 17.7. The summed E-state index contributed by atoms with van der Waals surface area (Å²) in [6, 6.07) is 12.8. The minimum Gasteiger partial charge on any atom is -0.490 e. The summed E-state index contributed by atoms with van der Waals surface area (Å²) in [7, 11) is 0. The molecule has 5 heterocycles. The van der Waals surface area contributed by atoms with E-state index in [1.54, 1.807) is 30.3 Å². The van der Waals surface area contributed by atoms with Crippen LogP contribution in [0.5, 0.6) is 5.75 Å². The van der Waals surface area contributed by atoms with Crippen LogP contribution in [0, 0.1) is 17.1 Å². The van der Waals surface area contributed by atoms with Crippen molar-refractivity contribution in [2.75, 3.05) is 18.0 Å². The van der Waals surface area contributed by atoms with Crippen molar-refractivity contribution in [2.24, 2.45) is 5.73 Å². The molecule has 1 saturated carbocycles. The minimum atomic E-state index is -0.853. The number of ether oxygens (including phenoxy) is 1. The van der Waals surface area contributed by atoms with Crippen molar-refractivity contribution < 1.29 is 28.3 Å². The molecule has 2 bridgehead atoms. The van der Waals surface area contributed by atoms with Crippen molar-refractivity contribution in [1.29, 1.82) is 5.26 Å². The van der Waals surface area contributed by atoms with E-state index in [0.29, 0.717) is 59.9 Å². The van der Waals surface area contributed by atoms with Crippen LogP contribution in [0.4, 0.5) is 10.2 Å². The zero-order valence-corrected chi connectivity index (χ0v) is 29.7. The lowest BCUT2D eigenvalue weighted by atomic mass is 9.89. The lowest BCUT2D eigenvalue weighted by Gasteiger charge is -2.41. The Bertz CT molecular complexity index is 2020. The molecule has 5 aliphatic rings. The number of rotatable bonds is 8. The number of nitrogens with two attached hydrogens (primary N) is 1. The maximum atomic E-state index is 15.7. The third kappa shape index (κ3) is 6.57. The number of imide groups is 1. The number of nitriles is 1. The second-order valence-electron chi connectivity index (χ2n) is 14.6. The molecule has 1 aromatic heterocycles. The highest BCUT2D eigenvalue weighted by Crippen LogP contribution is 2.37. The van der Waals surface area contributed by atoms with Gasteiger partial charge < -0.3 is 20.3 Å². The van der Waals surface area contributed by atoms with Crippen LogP contribution in [0.25, 0.3) is 0 Å². The minimum absolute atomic E-state index is 0.00608. The summed E-state index contributed by atoms with van der Waals surface area (Å²) in [6.45, 7) is 2.07. The Kier molecular flexibility index (Phi) is 9.24. The Labute approximate surface area is 310 Å². The van der Waals surface area contributed by atoms with Gasteiger partial charge in [-0.2, -0.15) is 5.26 Å². The third-order valence-corrected chi connectivity index (χ3v) is 11.7. The predicted octanol–water partition coefficient (Wildman–Crippen LogP) is 3.96. The number of halogens is 2. The van der Waals surface area contributed by atoms with Gasteiger partial charge in [-0.15, -0.1) is 10.2 Å². The van der Waals surface area contributed by atoms with E-state index in [2.05, 4.69) is 20.0 Å². The highest BCUT2D eigenvalue weighted by molar-refractivity contribution is 6.31. The number of hydrogen-bond acceptors (Lipinski definition) is 10. The van der Waals surface area contributed by atoms with E-state index in [4.69, 9.17) is 27.3 Å². The van der Waals surface area contributed by atoms with Crippen LogP contribution in [0.2, 0.25) is 5.02 Å². The van der Waals surface area contributed by atoms with Gasteiger partial charge in [-0.25, -0.2) is 4.39 Å². The molecule has 13 nitrogen and oxygen atoms in total. The first kappa shape index (κ1) is 34.9. The number of nitrogens with zero attached hydrogens (tertiary/aromatic N) is 7. The van der Waals surface area contributed by atoms with Gasteiger partial charge in [0.1, 0.15) is 23.7 Å². The Morgan fingerprint density at radius 1 is 0.962 bits per heavy atom. The molecule has 4 amide bonds. The van der Waals surface area contributed by atoms with Crippen molar-refractivity contribution in [3.63, 3.8) is 0 Å². The molecule has 1 aliphatic carbocycles. The van der Waals surface area contributed by atoms with Gasteiger partial charge in [0.25, 0.3) is 17.7 Å². The maximum absolute atomic E-state index is 15.7. The second kappa shape index (κ2) is 14.0. The summed E-state index contributed by atoms with van der Waals surface area (Å²) < 4.78 is 21.8. The number of aromatic nitrogens is 2. The van der Waals surface area contributed by atoms with Gasteiger partial charge in [0.15, 0.2) is 11.5 Å². The molecule has 15 heteroatoms. The Morgan fingerprint density at radius 2 is 1.70 bits per heavy atom. The van der Waals surface area contributed by atoms with E-state index in [1.165, 1.54) is 15.9 Å². The molecule has 8 rings (SSSR count). The van der Waals surface area contributed by atoms with Crippen LogP contribution in [0.1, 0.15) is 88.9 Å². The molecule has 4 fully saturated rings. The first-order valence-electron chi connectivity index (χ1n) is 18.1. The zero-order valence-electron chi connectivity index (χ0n) is 28.9. The van der Waals surface area contributed by atoms with Crippen LogP contribution in [0.3, 0.4) is 0 Å². The molecular formula is C38H38ClFN8O5. The monoisotopic (exact) mass is 740 g/mol. The Morgan fingerprint density at radius 3 is 2.36 bits per heavy atom. The number of likely N-dealkylation sites (tertiary alicyclic amines) is 2. The van der Waals surface area contributed by atoms with Crippen molar-refractivity contribution in [3.8, 4) is 11.8 Å². The highest BCUT2D eigenvalue weighted by atomic mass is 35.5. The molecule has 3 atom stereocenters. The van der Waals surface area contributed by atoms with Crippen molar-refractivity contribution in [1.82, 2.24) is 24.9 Å². The van der Waals surface area contributed by atoms with E-state index >= 15 is 4.39 Å². The average Bonchev–Trinajstić information content (AvgIpc) is 3.61. The third-order valence-electron chi connectivity index (χ3n) is 11.4. The predicted molar refractivity (Wildman–Crippen MR) is 189 cm³/mol. The van der Waals surface area contributed by atoms with Crippen LogP contribution >= 0.6 is 11.6 Å². The fraction of sp³-hybridized carbons (Fsp3) is 0.447. The summed E-state index contributed by atoms with van der Waals surface area (Å²) >= 11 is 6.16. The maximum Gasteiger partial charge on any atom is 0.269 e. The standard InChI is InChI=1S/C38H38ClFN8O5/c39-29-15-28(6-1-22(29)16-41)53-27-7-4-24(5-8-27)48-34(49)12-10-32(37(48)51)46-18-23-13-21(14-30(40)35(23)38(46)52)17-45-19-25-2-3-26(20-45)47(25)33-11-9-31(36(42)50)43-44-33/h1,6,9,11,13-15,24-27,32H,2-5,7-8,10,12,17-20H2,(H2,42,50)/t24?,25-,26-,27?,32-/m1/s1. The summed E-state index contributed by atoms with van der Waals surface area (Å²) in [4.78, 5) is 59.5. The van der Waals surface area contributed by atoms with Crippen LogP contribution in [-0.4, -0.2) is 91.9 Å². The Hall–Kier alpha value is -5.13.